The zero-order valence-electron chi connectivity index (χ0n) is 15.1. The van der Waals surface area contributed by atoms with Crippen molar-refractivity contribution in [2.24, 2.45) is 0 Å². The molecule has 0 saturated heterocycles. The van der Waals surface area contributed by atoms with Gasteiger partial charge in [-0.2, -0.15) is 0 Å². The number of carbonyl (C=O) groups excluding carboxylic acids is 1. The van der Waals surface area contributed by atoms with Crippen LogP contribution in [0.1, 0.15) is 15.9 Å². The summed E-state index contributed by atoms with van der Waals surface area (Å²) in [5.41, 5.74) is 1.51. The Labute approximate surface area is 167 Å². The maximum Gasteiger partial charge on any atom is 0.263 e. The van der Waals surface area contributed by atoms with Crippen molar-refractivity contribution < 1.29 is 17.9 Å². The van der Waals surface area contributed by atoms with Gasteiger partial charge in [0.15, 0.2) is 5.13 Å². The number of carbonyl (C=O) groups is 1. The lowest BCUT2D eigenvalue weighted by Gasteiger charge is -2.09. The number of aryl methyl sites for hydroxylation is 1. The Balaban J connectivity index is 1.51. The first-order valence-corrected chi connectivity index (χ1v) is 10.8. The van der Waals surface area contributed by atoms with E-state index in [9.17, 15) is 13.2 Å². The van der Waals surface area contributed by atoms with Crippen LogP contribution in [0.4, 0.5) is 5.13 Å². The molecule has 0 aliphatic rings. The molecule has 0 unspecified atom stereocenters. The highest BCUT2D eigenvalue weighted by Gasteiger charge is 2.16. The molecule has 0 atom stereocenters. The molecule has 0 fully saturated rings. The van der Waals surface area contributed by atoms with E-state index in [0.717, 1.165) is 11.3 Å². The quantitative estimate of drug-likeness (QED) is 0.549. The molecule has 3 rings (SSSR count). The third-order valence-electron chi connectivity index (χ3n) is 3.76. The van der Waals surface area contributed by atoms with E-state index in [4.69, 9.17) is 4.74 Å². The van der Waals surface area contributed by atoms with Gasteiger partial charge in [0.2, 0.25) is 0 Å². The van der Waals surface area contributed by atoms with E-state index in [0.29, 0.717) is 18.7 Å². The van der Waals surface area contributed by atoms with Crippen molar-refractivity contribution >= 4 is 32.4 Å². The molecule has 3 aromatic rings. The first kappa shape index (κ1) is 19.8. The number of thiazole rings is 1. The highest BCUT2D eigenvalue weighted by molar-refractivity contribution is 7.93. The van der Waals surface area contributed by atoms with Crippen molar-refractivity contribution in [2.45, 2.75) is 11.8 Å². The fourth-order valence-electron chi connectivity index (χ4n) is 2.30. The predicted octanol–water partition coefficient (Wildman–Crippen LogP) is 3.06. The van der Waals surface area contributed by atoms with Gasteiger partial charge in [-0.3, -0.25) is 9.52 Å². The zero-order chi connectivity index (χ0) is 20.0. The number of rotatable bonds is 8. The number of amides is 1. The molecule has 2 aromatic carbocycles. The van der Waals surface area contributed by atoms with Crippen molar-refractivity contribution in [3.05, 3.63) is 71.2 Å². The maximum atomic E-state index is 12.3. The second-order valence-corrected chi connectivity index (χ2v) is 8.46. The van der Waals surface area contributed by atoms with Crippen LogP contribution in [0.5, 0.6) is 5.75 Å². The molecular weight excluding hydrogens is 398 g/mol. The van der Waals surface area contributed by atoms with Gasteiger partial charge in [0.05, 0.1) is 11.4 Å². The number of sulfonamides is 1. The van der Waals surface area contributed by atoms with Gasteiger partial charge in [0.1, 0.15) is 12.4 Å². The number of hydrogen-bond acceptors (Lipinski definition) is 6. The van der Waals surface area contributed by atoms with Crippen LogP contribution in [0.3, 0.4) is 0 Å². The van der Waals surface area contributed by atoms with Gasteiger partial charge in [0.25, 0.3) is 15.9 Å². The van der Waals surface area contributed by atoms with Crippen LogP contribution in [0.2, 0.25) is 0 Å². The number of hydrogen-bond donors (Lipinski definition) is 2. The van der Waals surface area contributed by atoms with E-state index < -0.39 is 10.0 Å². The summed E-state index contributed by atoms with van der Waals surface area (Å²) in [5.74, 6) is 0.437. The van der Waals surface area contributed by atoms with E-state index in [-0.39, 0.29) is 15.9 Å². The van der Waals surface area contributed by atoms with Crippen molar-refractivity contribution in [3.63, 3.8) is 0 Å². The minimum Gasteiger partial charge on any atom is -0.492 e. The van der Waals surface area contributed by atoms with Crippen molar-refractivity contribution in [1.29, 1.82) is 0 Å². The molecule has 146 valence electrons. The van der Waals surface area contributed by atoms with Crippen LogP contribution >= 0.6 is 11.3 Å². The Bertz CT molecular complexity index is 1020. The SMILES string of the molecule is Cc1ccc(OCCNC(=O)c2ccc(S(=O)(=O)Nc3nccs3)cc2)cc1. The molecule has 28 heavy (non-hydrogen) atoms. The third-order valence-corrected chi connectivity index (χ3v) is 5.93. The first-order valence-electron chi connectivity index (χ1n) is 8.44. The van der Waals surface area contributed by atoms with Crippen LogP contribution in [-0.2, 0) is 10.0 Å². The number of anilines is 1. The molecule has 0 aliphatic carbocycles. The molecule has 0 aliphatic heterocycles. The van der Waals surface area contributed by atoms with E-state index in [1.807, 2.05) is 31.2 Å². The van der Waals surface area contributed by atoms with E-state index in [1.54, 1.807) is 5.38 Å². The maximum absolute atomic E-state index is 12.3. The minimum atomic E-state index is -3.73. The molecule has 1 aromatic heterocycles. The number of nitrogens with zero attached hydrogens (tertiary/aromatic N) is 1. The van der Waals surface area contributed by atoms with Crippen LogP contribution in [0.15, 0.2) is 65.0 Å². The zero-order valence-corrected chi connectivity index (χ0v) is 16.7. The summed E-state index contributed by atoms with van der Waals surface area (Å²) >= 11 is 1.19. The summed E-state index contributed by atoms with van der Waals surface area (Å²) in [6.07, 6.45) is 1.51. The summed E-state index contributed by atoms with van der Waals surface area (Å²) in [5, 5.41) is 4.70. The van der Waals surface area contributed by atoms with Gasteiger partial charge in [-0.1, -0.05) is 17.7 Å². The number of aromatic nitrogens is 1. The highest BCUT2D eigenvalue weighted by atomic mass is 32.2. The van der Waals surface area contributed by atoms with Crippen LogP contribution in [0.25, 0.3) is 0 Å². The third kappa shape index (κ3) is 5.30. The Morgan fingerprint density at radius 3 is 2.46 bits per heavy atom. The molecule has 1 heterocycles. The number of benzene rings is 2. The van der Waals surface area contributed by atoms with Crippen LogP contribution in [-0.4, -0.2) is 32.5 Å². The van der Waals surface area contributed by atoms with E-state index in [2.05, 4.69) is 15.0 Å². The van der Waals surface area contributed by atoms with Crippen LogP contribution < -0.4 is 14.8 Å². The second kappa shape index (κ2) is 8.85. The first-order chi connectivity index (χ1) is 13.4. The topological polar surface area (TPSA) is 97.4 Å². The Morgan fingerprint density at radius 2 is 1.82 bits per heavy atom. The van der Waals surface area contributed by atoms with Gasteiger partial charge in [-0.15, -0.1) is 11.3 Å². The Kier molecular flexibility index (Phi) is 6.27. The predicted molar refractivity (Wildman–Crippen MR) is 108 cm³/mol. The summed E-state index contributed by atoms with van der Waals surface area (Å²) in [7, 11) is -3.73. The summed E-state index contributed by atoms with van der Waals surface area (Å²) in [6.45, 7) is 2.66. The Morgan fingerprint density at radius 1 is 1.11 bits per heavy atom. The van der Waals surface area contributed by atoms with Crippen molar-refractivity contribution in [3.8, 4) is 5.75 Å². The van der Waals surface area contributed by atoms with Gasteiger partial charge in [-0.25, -0.2) is 13.4 Å². The Hall–Kier alpha value is -2.91. The van der Waals surface area contributed by atoms with Gasteiger partial charge >= 0.3 is 0 Å². The van der Waals surface area contributed by atoms with Crippen molar-refractivity contribution in [1.82, 2.24) is 10.3 Å². The average Bonchev–Trinajstić information content (AvgIpc) is 3.19. The normalized spacial score (nSPS) is 11.0. The fraction of sp³-hybridized carbons (Fsp3) is 0.158. The van der Waals surface area contributed by atoms with E-state index >= 15 is 0 Å². The van der Waals surface area contributed by atoms with E-state index in [1.165, 1.54) is 41.8 Å². The van der Waals surface area contributed by atoms with Crippen LogP contribution in [0, 0.1) is 6.92 Å². The van der Waals surface area contributed by atoms with Crippen molar-refractivity contribution in [2.75, 3.05) is 17.9 Å². The minimum absolute atomic E-state index is 0.0574. The van der Waals surface area contributed by atoms with Gasteiger partial charge in [0, 0.05) is 17.1 Å². The fourth-order valence-corrected chi connectivity index (χ4v) is 4.09. The molecular formula is C19H19N3O4S2. The van der Waals surface area contributed by atoms with Gasteiger partial charge < -0.3 is 10.1 Å². The summed E-state index contributed by atoms with van der Waals surface area (Å²) in [4.78, 5) is 16.1. The summed E-state index contributed by atoms with van der Waals surface area (Å²) in [6, 6.07) is 13.3. The molecule has 0 spiro atoms. The standard InChI is InChI=1S/C19H19N3O4S2/c1-14-2-6-16(7-3-14)26-12-10-20-18(23)15-4-8-17(9-5-15)28(24,25)22-19-21-11-13-27-19/h2-9,11,13H,10,12H2,1H3,(H,20,23)(H,21,22). The largest absolute Gasteiger partial charge is 0.492 e. The molecule has 2 N–H and O–H groups in total. The smallest absolute Gasteiger partial charge is 0.263 e. The monoisotopic (exact) mass is 417 g/mol. The molecule has 1 amide bonds. The number of nitrogens with one attached hydrogen (secondary N) is 2. The lowest BCUT2D eigenvalue weighted by molar-refractivity contribution is 0.0947. The molecule has 7 nitrogen and oxygen atoms in total. The van der Waals surface area contributed by atoms with Gasteiger partial charge in [-0.05, 0) is 43.3 Å². The highest BCUT2D eigenvalue weighted by Crippen LogP contribution is 2.18. The number of ether oxygens (including phenoxy) is 1. The average molecular weight is 418 g/mol. The molecule has 0 radical (unpaired) electrons. The second-order valence-electron chi connectivity index (χ2n) is 5.88. The molecule has 0 bridgehead atoms. The molecule has 9 heteroatoms. The lowest BCUT2D eigenvalue weighted by atomic mass is 10.2. The lowest BCUT2D eigenvalue weighted by Crippen LogP contribution is -2.28. The molecule has 0 saturated carbocycles. The summed E-state index contributed by atoms with van der Waals surface area (Å²) < 4.78 is 32.5.